The van der Waals surface area contributed by atoms with Gasteiger partial charge >= 0.3 is 0 Å². The van der Waals surface area contributed by atoms with Gasteiger partial charge in [-0.25, -0.2) is 0 Å². The lowest BCUT2D eigenvalue weighted by Gasteiger charge is -2.35. The first-order valence-corrected chi connectivity index (χ1v) is 13.6. The molecule has 0 N–H and O–H groups in total. The number of aryl methyl sites for hydroxylation is 1. The highest BCUT2D eigenvalue weighted by Gasteiger charge is 2.30. The fraction of sp³-hybridized carbons (Fsp3) is 0.846. The van der Waals surface area contributed by atoms with E-state index in [4.69, 9.17) is 0 Å². The lowest BCUT2D eigenvalue weighted by atomic mass is 9.74. The highest BCUT2D eigenvalue weighted by atomic mass is 79.9. The lowest BCUT2D eigenvalue weighted by molar-refractivity contribution is 0.231. The van der Waals surface area contributed by atoms with E-state index in [2.05, 4.69) is 52.1 Å². The van der Waals surface area contributed by atoms with Crippen LogP contribution in [0.3, 0.4) is 0 Å². The molecule has 29 heavy (non-hydrogen) atoms. The number of unbranched alkanes of at least 4 members (excludes halogenated alkanes) is 2. The van der Waals surface area contributed by atoms with Gasteiger partial charge in [-0.2, -0.15) is 10.2 Å². The van der Waals surface area contributed by atoms with Gasteiger partial charge in [-0.1, -0.05) is 68.3 Å². The summed E-state index contributed by atoms with van der Waals surface area (Å²) in [5.41, 5.74) is 2.42. The standard InChI is InChI=1S/C26H43BrN2/c1-3-5-6-8-24-17-18-26(29-28-24)23-15-11-21(12-16-23)19-25(27)22-13-9-20(7-4-2)10-14-22/h17-18,20-23,25H,3-16,19H2,1-2H3. The molecule has 2 nitrogen and oxygen atoms in total. The zero-order valence-electron chi connectivity index (χ0n) is 18.9. The van der Waals surface area contributed by atoms with Gasteiger partial charge < -0.3 is 0 Å². The van der Waals surface area contributed by atoms with Crippen LogP contribution in [0.25, 0.3) is 0 Å². The molecule has 0 aromatic carbocycles. The first-order chi connectivity index (χ1) is 14.2. The van der Waals surface area contributed by atoms with Crippen LogP contribution in [0.1, 0.15) is 121 Å². The maximum atomic E-state index is 4.60. The summed E-state index contributed by atoms with van der Waals surface area (Å²) >= 11 is 4.11. The van der Waals surface area contributed by atoms with Crippen molar-refractivity contribution < 1.29 is 0 Å². The minimum Gasteiger partial charge on any atom is -0.155 e. The first kappa shape index (κ1) is 23.2. The van der Waals surface area contributed by atoms with E-state index in [1.807, 2.05) is 0 Å². The van der Waals surface area contributed by atoms with E-state index in [1.54, 1.807) is 0 Å². The molecule has 2 saturated carbocycles. The van der Waals surface area contributed by atoms with Gasteiger partial charge in [0.25, 0.3) is 0 Å². The molecule has 1 aromatic rings. The Morgan fingerprint density at radius 3 is 2.21 bits per heavy atom. The second-order valence-electron chi connectivity index (χ2n) is 9.95. The Labute approximate surface area is 188 Å². The normalized spacial score (nSPS) is 28.9. The SMILES string of the molecule is CCCCCc1ccc(C2CCC(CC(Br)C3CCC(CCC)CC3)CC2)nn1. The summed E-state index contributed by atoms with van der Waals surface area (Å²) in [6, 6.07) is 4.49. The van der Waals surface area contributed by atoms with Crippen LogP contribution in [0, 0.1) is 17.8 Å². The van der Waals surface area contributed by atoms with E-state index in [0.29, 0.717) is 5.92 Å². The molecule has 0 aliphatic heterocycles. The van der Waals surface area contributed by atoms with Crippen LogP contribution in [0.4, 0.5) is 0 Å². The Morgan fingerprint density at radius 1 is 0.862 bits per heavy atom. The summed E-state index contributed by atoms with van der Waals surface area (Å²) < 4.78 is 0. The van der Waals surface area contributed by atoms with Gasteiger partial charge in [-0.3, -0.25) is 0 Å². The Kier molecular flexibility index (Phi) is 9.95. The van der Waals surface area contributed by atoms with Crippen molar-refractivity contribution in [1.82, 2.24) is 10.2 Å². The van der Waals surface area contributed by atoms with E-state index < -0.39 is 0 Å². The van der Waals surface area contributed by atoms with Crippen molar-refractivity contribution in [3.8, 4) is 0 Å². The van der Waals surface area contributed by atoms with Crippen LogP contribution in [0.2, 0.25) is 0 Å². The Hall–Kier alpha value is -0.440. The average Bonchev–Trinajstić information content (AvgIpc) is 2.76. The molecular weight excluding hydrogens is 420 g/mol. The number of hydrogen-bond donors (Lipinski definition) is 0. The maximum absolute atomic E-state index is 4.60. The predicted octanol–water partition coefficient (Wildman–Crippen LogP) is 8.24. The molecule has 1 unspecified atom stereocenters. The number of alkyl halides is 1. The monoisotopic (exact) mass is 462 g/mol. The molecular formula is C26H43BrN2. The third-order valence-corrected chi connectivity index (χ3v) is 8.82. The summed E-state index contributed by atoms with van der Waals surface area (Å²) in [5, 5.41) is 9.12. The maximum Gasteiger partial charge on any atom is 0.0662 e. The van der Waals surface area contributed by atoms with Gasteiger partial charge in [0.15, 0.2) is 0 Å². The Morgan fingerprint density at radius 2 is 1.59 bits per heavy atom. The summed E-state index contributed by atoms with van der Waals surface area (Å²) in [6.07, 6.45) is 20.3. The minimum absolute atomic E-state index is 0.640. The molecule has 3 heteroatoms. The molecule has 164 valence electrons. The number of rotatable bonds is 10. The number of halogens is 1. The quantitative estimate of drug-likeness (QED) is 0.258. The van der Waals surface area contributed by atoms with Crippen LogP contribution >= 0.6 is 15.9 Å². The highest BCUT2D eigenvalue weighted by Crippen LogP contribution is 2.41. The molecule has 1 aromatic heterocycles. The fourth-order valence-corrected chi connectivity index (χ4v) is 6.79. The summed E-state index contributed by atoms with van der Waals surface area (Å²) in [6.45, 7) is 4.59. The van der Waals surface area contributed by atoms with E-state index in [1.165, 1.54) is 101 Å². The molecule has 0 amide bonds. The van der Waals surface area contributed by atoms with Crippen molar-refractivity contribution in [2.24, 2.45) is 17.8 Å². The van der Waals surface area contributed by atoms with Crippen LogP contribution in [0.15, 0.2) is 12.1 Å². The van der Waals surface area contributed by atoms with Gasteiger partial charge in [-0.15, -0.1) is 0 Å². The van der Waals surface area contributed by atoms with Crippen LogP contribution < -0.4 is 0 Å². The highest BCUT2D eigenvalue weighted by molar-refractivity contribution is 9.09. The molecule has 0 bridgehead atoms. The minimum atomic E-state index is 0.640. The fourth-order valence-electron chi connectivity index (χ4n) is 5.73. The zero-order valence-corrected chi connectivity index (χ0v) is 20.5. The van der Waals surface area contributed by atoms with Gasteiger partial charge in [0, 0.05) is 10.7 Å². The van der Waals surface area contributed by atoms with Crippen LogP contribution in [-0.2, 0) is 6.42 Å². The summed E-state index contributed by atoms with van der Waals surface area (Å²) in [5.74, 6) is 3.49. The number of hydrogen-bond acceptors (Lipinski definition) is 2. The molecule has 3 rings (SSSR count). The van der Waals surface area contributed by atoms with Crippen molar-refractivity contribution in [3.63, 3.8) is 0 Å². The first-order valence-electron chi connectivity index (χ1n) is 12.7. The molecule has 1 atom stereocenters. The van der Waals surface area contributed by atoms with E-state index in [9.17, 15) is 0 Å². The van der Waals surface area contributed by atoms with Gasteiger partial charge in [0.1, 0.15) is 0 Å². The molecule has 2 aliphatic rings. The summed E-state index contributed by atoms with van der Waals surface area (Å²) in [4.78, 5) is 0.744. The average molecular weight is 464 g/mol. The van der Waals surface area contributed by atoms with Crippen molar-refractivity contribution in [2.45, 2.75) is 121 Å². The van der Waals surface area contributed by atoms with Crippen molar-refractivity contribution in [1.29, 1.82) is 0 Å². The van der Waals surface area contributed by atoms with Crippen LogP contribution in [-0.4, -0.2) is 15.0 Å². The second-order valence-corrected chi connectivity index (χ2v) is 11.1. The second kappa shape index (κ2) is 12.4. The lowest BCUT2D eigenvalue weighted by Crippen LogP contribution is -2.25. The smallest absolute Gasteiger partial charge is 0.0662 e. The van der Waals surface area contributed by atoms with Crippen LogP contribution in [0.5, 0.6) is 0 Å². The molecule has 0 radical (unpaired) electrons. The molecule has 2 fully saturated rings. The topological polar surface area (TPSA) is 25.8 Å². The van der Waals surface area contributed by atoms with E-state index in [0.717, 1.165) is 29.0 Å². The molecule has 0 saturated heterocycles. The van der Waals surface area contributed by atoms with E-state index in [-0.39, 0.29) is 0 Å². The van der Waals surface area contributed by atoms with E-state index >= 15 is 0 Å². The number of nitrogens with zero attached hydrogens (tertiary/aromatic N) is 2. The van der Waals surface area contributed by atoms with Crippen molar-refractivity contribution >= 4 is 15.9 Å². The molecule has 2 aliphatic carbocycles. The Bertz CT molecular complexity index is 557. The van der Waals surface area contributed by atoms with Crippen molar-refractivity contribution in [3.05, 3.63) is 23.5 Å². The van der Waals surface area contributed by atoms with Gasteiger partial charge in [0.2, 0.25) is 0 Å². The number of aromatic nitrogens is 2. The van der Waals surface area contributed by atoms with Gasteiger partial charge in [-0.05, 0) is 87.7 Å². The third-order valence-electron chi connectivity index (χ3n) is 7.70. The molecule has 1 heterocycles. The predicted molar refractivity (Wildman–Crippen MR) is 128 cm³/mol. The Balaban J connectivity index is 1.38. The molecule has 0 spiro atoms. The third kappa shape index (κ3) is 7.33. The largest absolute Gasteiger partial charge is 0.155 e. The van der Waals surface area contributed by atoms with Gasteiger partial charge in [0.05, 0.1) is 11.4 Å². The zero-order chi connectivity index (χ0) is 20.5. The van der Waals surface area contributed by atoms with Crippen molar-refractivity contribution in [2.75, 3.05) is 0 Å². The summed E-state index contributed by atoms with van der Waals surface area (Å²) in [7, 11) is 0.